The first kappa shape index (κ1) is 18.1. The number of aromatic nitrogens is 2. The highest BCUT2D eigenvalue weighted by molar-refractivity contribution is 7.15. The fourth-order valence-corrected chi connectivity index (χ4v) is 2.90. The third kappa shape index (κ3) is 4.86. The van der Waals surface area contributed by atoms with Crippen molar-refractivity contribution in [2.45, 2.75) is 40.2 Å². The Morgan fingerprint density at radius 1 is 1.17 bits per heavy atom. The quantitative estimate of drug-likeness (QED) is 0.842. The number of nitrogens with one attached hydrogen (secondary N) is 2. The van der Waals surface area contributed by atoms with Crippen LogP contribution in [-0.4, -0.2) is 28.1 Å². The van der Waals surface area contributed by atoms with Crippen LogP contribution in [0, 0.1) is 19.8 Å². The van der Waals surface area contributed by atoms with Gasteiger partial charge in [-0.3, -0.25) is 14.9 Å². The maximum Gasteiger partial charge on any atom is 0.252 e. The zero-order chi connectivity index (χ0) is 17.7. The van der Waals surface area contributed by atoms with Gasteiger partial charge in [-0.15, -0.1) is 10.2 Å². The Bertz CT molecular complexity index is 727. The lowest BCUT2D eigenvalue weighted by atomic mass is 10.0. The van der Waals surface area contributed by atoms with Gasteiger partial charge in [-0.05, 0) is 37.8 Å². The fraction of sp³-hybridized carbons (Fsp3) is 0.412. The number of anilines is 1. The molecule has 1 heterocycles. The summed E-state index contributed by atoms with van der Waals surface area (Å²) in [7, 11) is 0. The van der Waals surface area contributed by atoms with Crippen LogP contribution < -0.4 is 10.6 Å². The van der Waals surface area contributed by atoms with Crippen molar-refractivity contribution in [3.05, 3.63) is 40.4 Å². The monoisotopic (exact) mass is 346 g/mol. The van der Waals surface area contributed by atoms with Crippen LogP contribution in [-0.2, 0) is 4.79 Å². The summed E-state index contributed by atoms with van der Waals surface area (Å²) in [6.45, 7) is 7.71. The minimum absolute atomic E-state index is 0.248. The van der Waals surface area contributed by atoms with Gasteiger partial charge in [0.1, 0.15) is 11.0 Å². The highest BCUT2D eigenvalue weighted by Gasteiger charge is 2.24. The topological polar surface area (TPSA) is 84.0 Å². The first-order valence-electron chi connectivity index (χ1n) is 7.84. The molecule has 1 unspecified atom stereocenters. The van der Waals surface area contributed by atoms with E-state index >= 15 is 0 Å². The van der Waals surface area contributed by atoms with Crippen molar-refractivity contribution in [3.63, 3.8) is 0 Å². The minimum Gasteiger partial charge on any atom is -0.340 e. The highest BCUT2D eigenvalue weighted by Crippen LogP contribution is 2.16. The summed E-state index contributed by atoms with van der Waals surface area (Å²) in [6.07, 6.45) is 0.543. The largest absolute Gasteiger partial charge is 0.340 e. The van der Waals surface area contributed by atoms with E-state index < -0.39 is 6.04 Å². The van der Waals surface area contributed by atoms with Crippen LogP contribution in [0.4, 0.5) is 5.13 Å². The third-order valence-electron chi connectivity index (χ3n) is 3.47. The second-order valence-corrected chi connectivity index (χ2v) is 7.27. The summed E-state index contributed by atoms with van der Waals surface area (Å²) in [5, 5.41) is 14.6. The van der Waals surface area contributed by atoms with E-state index in [4.69, 9.17) is 0 Å². The van der Waals surface area contributed by atoms with Crippen molar-refractivity contribution in [2.75, 3.05) is 5.32 Å². The van der Waals surface area contributed by atoms with E-state index in [1.807, 2.05) is 45.9 Å². The molecular weight excluding hydrogens is 324 g/mol. The Labute approximate surface area is 145 Å². The average Bonchev–Trinajstić information content (AvgIpc) is 2.91. The van der Waals surface area contributed by atoms with E-state index in [9.17, 15) is 9.59 Å². The first-order valence-corrected chi connectivity index (χ1v) is 8.66. The van der Waals surface area contributed by atoms with Gasteiger partial charge in [0.05, 0.1) is 0 Å². The zero-order valence-electron chi connectivity index (χ0n) is 14.3. The van der Waals surface area contributed by atoms with Crippen molar-refractivity contribution in [1.29, 1.82) is 0 Å². The summed E-state index contributed by atoms with van der Waals surface area (Å²) < 4.78 is 0. The number of amides is 2. The van der Waals surface area contributed by atoms with Gasteiger partial charge in [-0.2, -0.15) is 0 Å². The maximum atomic E-state index is 12.5. The summed E-state index contributed by atoms with van der Waals surface area (Å²) in [5.74, 6) is -0.266. The molecule has 0 bridgehead atoms. The number of rotatable bonds is 6. The van der Waals surface area contributed by atoms with Crippen LogP contribution >= 0.6 is 11.3 Å². The van der Waals surface area contributed by atoms with E-state index in [0.717, 1.165) is 10.6 Å². The molecule has 7 heteroatoms. The standard InChI is InChI=1S/C17H22N4O2S/c1-10(2)9-14(16(23)19-17-21-20-12(4)24-17)18-15(22)13-8-6-5-7-11(13)3/h5-8,10,14H,9H2,1-4H3,(H,18,22)(H,19,21,23). The molecule has 6 nitrogen and oxygen atoms in total. The van der Waals surface area contributed by atoms with Crippen molar-refractivity contribution >= 4 is 28.3 Å². The summed E-state index contributed by atoms with van der Waals surface area (Å²) >= 11 is 1.30. The van der Waals surface area contributed by atoms with Crippen LogP contribution in [0.5, 0.6) is 0 Å². The molecule has 2 aromatic rings. The van der Waals surface area contributed by atoms with E-state index in [0.29, 0.717) is 17.1 Å². The molecule has 24 heavy (non-hydrogen) atoms. The van der Waals surface area contributed by atoms with E-state index in [1.165, 1.54) is 11.3 Å². The Morgan fingerprint density at radius 3 is 2.46 bits per heavy atom. The predicted molar refractivity (Wildman–Crippen MR) is 95.2 cm³/mol. The number of carbonyl (C=O) groups is 2. The molecule has 0 fully saturated rings. The van der Waals surface area contributed by atoms with E-state index in [1.54, 1.807) is 6.07 Å². The molecule has 2 N–H and O–H groups in total. The smallest absolute Gasteiger partial charge is 0.252 e. The fourth-order valence-electron chi connectivity index (χ4n) is 2.31. The molecule has 128 valence electrons. The lowest BCUT2D eigenvalue weighted by Gasteiger charge is -2.20. The molecule has 2 amide bonds. The van der Waals surface area contributed by atoms with Crippen molar-refractivity contribution in [3.8, 4) is 0 Å². The molecule has 2 rings (SSSR count). The normalized spacial score (nSPS) is 12.0. The van der Waals surface area contributed by atoms with Crippen molar-refractivity contribution < 1.29 is 9.59 Å². The minimum atomic E-state index is -0.624. The van der Waals surface area contributed by atoms with Gasteiger partial charge in [-0.25, -0.2) is 0 Å². The number of carbonyl (C=O) groups excluding carboxylic acids is 2. The van der Waals surface area contributed by atoms with Gasteiger partial charge in [0.15, 0.2) is 0 Å². The number of nitrogens with zero attached hydrogens (tertiary/aromatic N) is 2. The number of benzene rings is 1. The van der Waals surface area contributed by atoms with Crippen LogP contribution in [0.3, 0.4) is 0 Å². The molecule has 1 atom stereocenters. The van der Waals surface area contributed by atoms with Crippen LogP contribution in [0.1, 0.15) is 41.2 Å². The van der Waals surface area contributed by atoms with Gasteiger partial charge in [0.2, 0.25) is 11.0 Å². The number of hydrogen-bond acceptors (Lipinski definition) is 5. The van der Waals surface area contributed by atoms with Gasteiger partial charge >= 0.3 is 0 Å². The molecule has 1 aromatic carbocycles. The van der Waals surface area contributed by atoms with Crippen LogP contribution in [0.15, 0.2) is 24.3 Å². The van der Waals surface area contributed by atoms with E-state index in [-0.39, 0.29) is 17.7 Å². The average molecular weight is 346 g/mol. The van der Waals surface area contributed by atoms with Crippen molar-refractivity contribution in [1.82, 2.24) is 15.5 Å². The SMILES string of the molecule is Cc1nnc(NC(=O)C(CC(C)C)NC(=O)c2ccccc2C)s1. The zero-order valence-corrected chi connectivity index (χ0v) is 15.1. The van der Waals surface area contributed by atoms with Crippen LogP contribution in [0.2, 0.25) is 0 Å². The lowest BCUT2D eigenvalue weighted by Crippen LogP contribution is -2.44. The Hall–Kier alpha value is -2.28. The Morgan fingerprint density at radius 2 is 1.88 bits per heavy atom. The molecule has 0 aliphatic heterocycles. The Balaban J connectivity index is 2.11. The summed E-state index contributed by atoms with van der Waals surface area (Å²) in [6, 6.07) is 6.69. The van der Waals surface area contributed by atoms with Gasteiger partial charge in [0.25, 0.3) is 5.91 Å². The second kappa shape index (κ2) is 8.01. The molecule has 0 aliphatic rings. The number of hydrogen-bond donors (Lipinski definition) is 2. The lowest BCUT2D eigenvalue weighted by molar-refractivity contribution is -0.118. The molecule has 1 aromatic heterocycles. The summed E-state index contributed by atoms with van der Waals surface area (Å²) in [4.78, 5) is 25.0. The first-order chi connectivity index (χ1) is 11.4. The number of aryl methyl sites for hydroxylation is 2. The molecule has 0 saturated carbocycles. The molecule has 0 radical (unpaired) electrons. The van der Waals surface area contributed by atoms with Crippen molar-refractivity contribution in [2.24, 2.45) is 5.92 Å². The maximum absolute atomic E-state index is 12.5. The predicted octanol–water partition coefficient (Wildman–Crippen LogP) is 2.94. The van der Waals surface area contributed by atoms with E-state index in [2.05, 4.69) is 20.8 Å². The second-order valence-electron chi connectivity index (χ2n) is 6.09. The van der Waals surface area contributed by atoms with Crippen LogP contribution in [0.25, 0.3) is 0 Å². The van der Waals surface area contributed by atoms with Gasteiger partial charge in [-0.1, -0.05) is 43.4 Å². The molecular formula is C17H22N4O2S. The highest BCUT2D eigenvalue weighted by atomic mass is 32.1. The van der Waals surface area contributed by atoms with Gasteiger partial charge in [0, 0.05) is 5.56 Å². The molecule has 0 spiro atoms. The Kier molecular flexibility index (Phi) is 6.03. The third-order valence-corrected chi connectivity index (χ3v) is 4.23. The molecule has 0 aliphatic carbocycles. The van der Waals surface area contributed by atoms with Gasteiger partial charge < -0.3 is 5.32 Å². The summed E-state index contributed by atoms with van der Waals surface area (Å²) in [5.41, 5.74) is 1.45. The molecule has 0 saturated heterocycles.